The van der Waals surface area contributed by atoms with Gasteiger partial charge in [-0.05, 0) is 47.1 Å². The van der Waals surface area contributed by atoms with Gasteiger partial charge in [-0.2, -0.15) is 0 Å². The van der Waals surface area contributed by atoms with E-state index in [-0.39, 0.29) is 6.10 Å². The van der Waals surface area contributed by atoms with Crippen LogP contribution in [0.25, 0.3) is 0 Å². The first kappa shape index (κ1) is 12.4. The highest BCUT2D eigenvalue weighted by Crippen LogP contribution is 2.28. The summed E-state index contributed by atoms with van der Waals surface area (Å²) in [7, 11) is 0. The molecule has 0 bridgehead atoms. The highest BCUT2D eigenvalue weighted by Gasteiger charge is 2.10. The minimum atomic E-state index is -0.146. The van der Waals surface area contributed by atoms with Gasteiger partial charge < -0.3 is 4.74 Å². The Hall–Kier alpha value is -1.06. The topological polar surface area (TPSA) is 22.1 Å². The van der Waals surface area contributed by atoms with Crippen LogP contribution in [0.2, 0.25) is 5.02 Å². The second kappa shape index (κ2) is 5.52. The van der Waals surface area contributed by atoms with Gasteiger partial charge >= 0.3 is 0 Å². The van der Waals surface area contributed by atoms with Crippen molar-refractivity contribution in [2.75, 3.05) is 0 Å². The van der Waals surface area contributed by atoms with E-state index < -0.39 is 0 Å². The first-order chi connectivity index (χ1) is 8.16. The Labute approximate surface area is 114 Å². The van der Waals surface area contributed by atoms with Gasteiger partial charge in [0.25, 0.3) is 0 Å². The zero-order chi connectivity index (χ0) is 12.3. The average molecular weight is 313 g/mol. The van der Waals surface area contributed by atoms with E-state index in [9.17, 15) is 0 Å². The molecule has 0 spiro atoms. The van der Waals surface area contributed by atoms with E-state index in [0.717, 1.165) is 10.3 Å². The summed E-state index contributed by atoms with van der Waals surface area (Å²) in [4.78, 5) is 4.35. The highest BCUT2D eigenvalue weighted by atomic mass is 79.9. The lowest BCUT2D eigenvalue weighted by Gasteiger charge is -2.15. The van der Waals surface area contributed by atoms with Crippen molar-refractivity contribution in [1.82, 2.24) is 4.98 Å². The van der Waals surface area contributed by atoms with Crippen molar-refractivity contribution in [3.8, 4) is 5.75 Å². The van der Waals surface area contributed by atoms with Crippen LogP contribution in [0.15, 0.2) is 47.1 Å². The van der Waals surface area contributed by atoms with Crippen LogP contribution < -0.4 is 4.74 Å². The SMILES string of the molecule is C[C@@H](Oc1ccccc1Cl)c1cccc(Br)n1. The van der Waals surface area contributed by atoms with Gasteiger partial charge in [0.15, 0.2) is 0 Å². The molecule has 1 heterocycles. The molecule has 0 aliphatic rings. The number of ether oxygens (including phenoxy) is 1. The van der Waals surface area contributed by atoms with E-state index in [4.69, 9.17) is 16.3 Å². The van der Waals surface area contributed by atoms with Crippen LogP contribution in [0.5, 0.6) is 5.75 Å². The zero-order valence-electron chi connectivity index (χ0n) is 9.23. The van der Waals surface area contributed by atoms with E-state index in [2.05, 4.69) is 20.9 Å². The lowest BCUT2D eigenvalue weighted by atomic mass is 10.2. The van der Waals surface area contributed by atoms with Crippen LogP contribution in [-0.2, 0) is 0 Å². The number of pyridine rings is 1. The van der Waals surface area contributed by atoms with Crippen LogP contribution >= 0.6 is 27.5 Å². The standard InChI is InChI=1S/C13H11BrClNO/c1-9(11-6-4-8-13(14)16-11)17-12-7-3-2-5-10(12)15/h2-9H,1H3/t9-/m1/s1. The van der Waals surface area contributed by atoms with Gasteiger partial charge in [-0.25, -0.2) is 4.98 Å². The minimum absolute atomic E-state index is 0.146. The fraction of sp³-hybridized carbons (Fsp3) is 0.154. The van der Waals surface area contributed by atoms with E-state index in [1.54, 1.807) is 6.07 Å². The van der Waals surface area contributed by atoms with Gasteiger partial charge in [0.1, 0.15) is 16.5 Å². The lowest BCUT2D eigenvalue weighted by molar-refractivity contribution is 0.222. The summed E-state index contributed by atoms with van der Waals surface area (Å²) in [5.74, 6) is 0.670. The van der Waals surface area contributed by atoms with Crippen LogP contribution in [0, 0.1) is 0 Å². The van der Waals surface area contributed by atoms with Crippen LogP contribution in [-0.4, -0.2) is 4.98 Å². The predicted octanol–water partition coefficient (Wildman–Crippen LogP) is 4.64. The molecular formula is C13H11BrClNO. The number of rotatable bonds is 3. The van der Waals surface area contributed by atoms with Crippen molar-refractivity contribution in [3.63, 3.8) is 0 Å². The predicted molar refractivity (Wildman–Crippen MR) is 72.4 cm³/mol. The van der Waals surface area contributed by atoms with Crippen molar-refractivity contribution in [1.29, 1.82) is 0 Å². The van der Waals surface area contributed by atoms with E-state index in [1.165, 1.54) is 0 Å². The Balaban J connectivity index is 2.17. The average Bonchev–Trinajstić information content (AvgIpc) is 2.32. The molecule has 1 aromatic carbocycles. The Bertz CT molecular complexity index is 518. The number of benzene rings is 1. The maximum Gasteiger partial charge on any atom is 0.138 e. The molecule has 0 saturated carbocycles. The summed E-state index contributed by atoms with van der Waals surface area (Å²) in [6.07, 6.45) is -0.146. The Morgan fingerprint density at radius 2 is 1.94 bits per heavy atom. The molecule has 17 heavy (non-hydrogen) atoms. The molecule has 0 aliphatic carbocycles. The lowest BCUT2D eigenvalue weighted by Crippen LogP contribution is -2.05. The van der Waals surface area contributed by atoms with Crippen molar-refractivity contribution < 1.29 is 4.74 Å². The first-order valence-electron chi connectivity index (χ1n) is 5.20. The second-order valence-electron chi connectivity index (χ2n) is 3.58. The van der Waals surface area contributed by atoms with Crippen molar-refractivity contribution in [2.24, 2.45) is 0 Å². The summed E-state index contributed by atoms with van der Waals surface area (Å²) in [5.41, 5.74) is 0.860. The third-order valence-electron chi connectivity index (χ3n) is 2.29. The van der Waals surface area contributed by atoms with Gasteiger partial charge in [-0.3, -0.25) is 0 Å². The molecule has 4 heteroatoms. The van der Waals surface area contributed by atoms with Crippen LogP contribution in [0.3, 0.4) is 0 Å². The maximum atomic E-state index is 6.03. The molecule has 88 valence electrons. The second-order valence-corrected chi connectivity index (χ2v) is 4.80. The largest absolute Gasteiger partial charge is 0.483 e. The molecule has 0 unspecified atom stereocenters. The Morgan fingerprint density at radius 1 is 1.18 bits per heavy atom. The third-order valence-corrected chi connectivity index (χ3v) is 3.05. The molecule has 2 rings (SSSR count). The quantitative estimate of drug-likeness (QED) is 0.770. The van der Waals surface area contributed by atoms with Crippen molar-refractivity contribution >= 4 is 27.5 Å². The molecule has 2 nitrogen and oxygen atoms in total. The molecule has 1 aromatic heterocycles. The summed E-state index contributed by atoms with van der Waals surface area (Å²) in [6, 6.07) is 13.1. The monoisotopic (exact) mass is 311 g/mol. The normalized spacial score (nSPS) is 12.2. The molecular weight excluding hydrogens is 302 g/mol. The van der Waals surface area contributed by atoms with Gasteiger partial charge in [0, 0.05) is 0 Å². The summed E-state index contributed by atoms with van der Waals surface area (Å²) in [6.45, 7) is 1.94. The molecule has 0 aliphatic heterocycles. The number of hydrogen-bond acceptors (Lipinski definition) is 2. The Kier molecular flexibility index (Phi) is 4.02. The van der Waals surface area contributed by atoms with E-state index in [0.29, 0.717) is 10.8 Å². The molecule has 0 amide bonds. The van der Waals surface area contributed by atoms with Crippen LogP contribution in [0.1, 0.15) is 18.7 Å². The highest BCUT2D eigenvalue weighted by molar-refractivity contribution is 9.10. The maximum absolute atomic E-state index is 6.03. The van der Waals surface area contributed by atoms with Gasteiger partial charge in [-0.15, -0.1) is 0 Å². The van der Waals surface area contributed by atoms with Gasteiger partial charge in [0.05, 0.1) is 10.7 Å². The van der Waals surface area contributed by atoms with E-state index in [1.807, 2.05) is 43.3 Å². The fourth-order valence-electron chi connectivity index (χ4n) is 1.44. The molecule has 2 aromatic rings. The van der Waals surface area contributed by atoms with Gasteiger partial charge in [-0.1, -0.05) is 29.8 Å². The van der Waals surface area contributed by atoms with Crippen molar-refractivity contribution in [3.05, 3.63) is 57.8 Å². The molecule has 0 saturated heterocycles. The number of halogens is 2. The number of aromatic nitrogens is 1. The first-order valence-corrected chi connectivity index (χ1v) is 6.37. The molecule has 0 N–H and O–H groups in total. The number of nitrogens with zero attached hydrogens (tertiary/aromatic N) is 1. The van der Waals surface area contributed by atoms with Crippen molar-refractivity contribution in [2.45, 2.75) is 13.0 Å². The zero-order valence-corrected chi connectivity index (χ0v) is 11.6. The summed E-state index contributed by atoms with van der Waals surface area (Å²) < 4.78 is 6.57. The number of para-hydroxylation sites is 1. The smallest absolute Gasteiger partial charge is 0.138 e. The van der Waals surface area contributed by atoms with E-state index >= 15 is 0 Å². The number of hydrogen-bond donors (Lipinski definition) is 0. The molecule has 0 fully saturated rings. The summed E-state index contributed by atoms with van der Waals surface area (Å²) >= 11 is 9.37. The molecule has 1 atom stereocenters. The van der Waals surface area contributed by atoms with Gasteiger partial charge in [0.2, 0.25) is 0 Å². The third kappa shape index (κ3) is 3.20. The fourth-order valence-corrected chi connectivity index (χ4v) is 1.98. The Morgan fingerprint density at radius 3 is 2.65 bits per heavy atom. The van der Waals surface area contributed by atoms with Crippen LogP contribution in [0.4, 0.5) is 0 Å². The summed E-state index contributed by atoms with van der Waals surface area (Å²) in [5, 5.41) is 0.606. The minimum Gasteiger partial charge on any atom is -0.483 e. The molecule has 0 radical (unpaired) electrons.